The van der Waals surface area contributed by atoms with Crippen molar-refractivity contribution < 1.29 is 4.42 Å². The van der Waals surface area contributed by atoms with Crippen molar-refractivity contribution in [1.29, 1.82) is 0 Å². The Morgan fingerprint density at radius 1 is 1.17 bits per heavy atom. The standard InChI is InChI=1S/C18H17ClN4O/c19-16-5-3-13(4-6-16)11-23-9-7-15(12-23)18-22-21-17(24-18)14-2-1-8-20-10-14/h1-6,8,10,15H,7,9,11-12H2/t15-/m0/s1. The van der Waals surface area contributed by atoms with Crippen molar-refractivity contribution in [2.45, 2.75) is 18.9 Å². The van der Waals surface area contributed by atoms with Crippen LogP contribution in [0.3, 0.4) is 0 Å². The van der Waals surface area contributed by atoms with Gasteiger partial charge in [-0.15, -0.1) is 10.2 Å². The van der Waals surface area contributed by atoms with Crippen LogP contribution in [0.5, 0.6) is 0 Å². The number of halogens is 1. The Kier molecular flexibility index (Phi) is 4.28. The lowest BCUT2D eigenvalue weighted by Crippen LogP contribution is -2.19. The van der Waals surface area contributed by atoms with Gasteiger partial charge in [0, 0.05) is 30.5 Å². The molecule has 5 nitrogen and oxygen atoms in total. The third-order valence-corrected chi connectivity index (χ3v) is 4.54. The van der Waals surface area contributed by atoms with Crippen LogP contribution < -0.4 is 0 Å². The fraction of sp³-hybridized carbons (Fsp3) is 0.278. The monoisotopic (exact) mass is 340 g/mol. The second-order valence-electron chi connectivity index (χ2n) is 6.03. The van der Waals surface area contributed by atoms with Crippen LogP contribution >= 0.6 is 11.6 Å². The molecule has 3 heterocycles. The zero-order chi connectivity index (χ0) is 16.4. The van der Waals surface area contributed by atoms with Crippen LogP contribution in [0.1, 0.15) is 23.8 Å². The highest BCUT2D eigenvalue weighted by molar-refractivity contribution is 6.30. The number of benzene rings is 1. The fourth-order valence-corrected chi connectivity index (χ4v) is 3.16. The molecular weight excluding hydrogens is 324 g/mol. The van der Waals surface area contributed by atoms with E-state index in [-0.39, 0.29) is 5.92 Å². The SMILES string of the molecule is Clc1ccc(CN2CC[C@H](c3nnc(-c4cccnc4)o3)C2)cc1. The molecule has 24 heavy (non-hydrogen) atoms. The highest BCUT2D eigenvalue weighted by atomic mass is 35.5. The summed E-state index contributed by atoms with van der Waals surface area (Å²) in [5.41, 5.74) is 2.12. The minimum Gasteiger partial charge on any atom is -0.420 e. The van der Waals surface area contributed by atoms with Gasteiger partial charge in [0.05, 0.1) is 11.5 Å². The lowest BCUT2D eigenvalue weighted by atomic mass is 10.1. The van der Waals surface area contributed by atoms with Gasteiger partial charge in [-0.1, -0.05) is 23.7 Å². The molecule has 1 aromatic carbocycles. The van der Waals surface area contributed by atoms with Crippen molar-refractivity contribution in [2.24, 2.45) is 0 Å². The molecular formula is C18H17ClN4O. The number of pyridine rings is 1. The van der Waals surface area contributed by atoms with Gasteiger partial charge >= 0.3 is 0 Å². The van der Waals surface area contributed by atoms with E-state index in [1.165, 1.54) is 5.56 Å². The molecule has 1 saturated heterocycles. The Morgan fingerprint density at radius 3 is 2.83 bits per heavy atom. The first-order valence-electron chi connectivity index (χ1n) is 7.98. The number of aromatic nitrogens is 3. The molecule has 0 spiro atoms. The van der Waals surface area contributed by atoms with Crippen LogP contribution in [0.15, 0.2) is 53.2 Å². The van der Waals surface area contributed by atoms with E-state index in [2.05, 4.69) is 32.2 Å². The molecule has 0 saturated carbocycles. The smallest absolute Gasteiger partial charge is 0.249 e. The molecule has 1 aliphatic heterocycles. The molecule has 1 aliphatic rings. The highest BCUT2D eigenvalue weighted by Gasteiger charge is 2.28. The number of rotatable bonds is 4. The maximum absolute atomic E-state index is 5.94. The van der Waals surface area contributed by atoms with E-state index in [0.717, 1.165) is 36.6 Å². The van der Waals surface area contributed by atoms with E-state index in [1.54, 1.807) is 12.4 Å². The number of likely N-dealkylation sites (tertiary alicyclic amines) is 1. The molecule has 3 aromatic rings. The predicted octanol–water partition coefficient (Wildman–Crippen LogP) is 3.77. The van der Waals surface area contributed by atoms with Gasteiger partial charge in [0.15, 0.2) is 0 Å². The van der Waals surface area contributed by atoms with Gasteiger partial charge in [-0.3, -0.25) is 9.88 Å². The van der Waals surface area contributed by atoms with E-state index in [1.807, 2.05) is 24.3 Å². The van der Waals surface area contributed by atoms with Gasteiger partial charge in [-0.25, -0.2) is 0 Å². The molecule has 2 aromatic heterocycles. The first-order chi connectivity index (χ1) is 11.8. The molecule has 1 fully saturated rings. The van der Waals surface area contributed by atoms with Crippen molar-refractivity contribution in [3.05, 3.63) is 65.3 Å². The van der Waals surface area contributed by atoms with Crippen molar-refractivity contribution in [1.82, 2.24) is 20.1 Å². The number of hydrogen-bond donors (Lipinski definition) is 0. The predicted molar refractivity (Wildman–Crippen MR) is 91.6 cm³/mol. The van der Waals surface area contributed by atoms with E-state index in [9.17, 15) is 0 Å². The van der Waals surface area contributed by atoms with Crippen LogP contribution in [0, 0.1) is 0 Å². The summed E-state index contributed by atoms with van der Waals surface area (Å²) in [6.45, 7) is 2.87. The third-order valence-electron chi connectivity index (χ3n) is 4.29. The minimum absolute atomic E-state index is 0.287. The molecule has 0 N–H and O–H groups in total. The highest BCUT2D eigenvalue weighted by Crippen LogP contribution is 2.29. The Bertz CT molecular complexity index is 803. The third kappa shape index (κ3) is 3.32. The van der Waals surface area contributed by atoms with E-state index in [0.29, 0.717) is 11.8 Å². The second-order valence-corrected chi connectivity index (χ2v) is 6.47. The molecule has 0 radical (unpaired) electrons. The average Bonchev–Trinajstić information content (AvgIpc) is 3.27. The second kappa shape index (κ2) is 6.71. The van der Waals surface area contributed by atoms with Crippen molar-refractivity contribution in [3.8, 4) is 11.5 Å². The van der Waals surface area contributed by atoms with Gasteiger partial charge in [-0.2, -0.15) is 0 Å². The van der Waals surface area contributed by atoms with Gasteiger partial charge in [0.25, 0.3) is 0 Å². The molecule has 1 atom stereocenters. The van der Waals surface area contributed by atoms with Crippen LogP contribution in [-0.2, 0) is 6.54 Å². The molecule has 122 valence electrons. The quantitative estimate of drug-likeness (QED) is 0.723. The summed E-state index contributed by atoms with van der Waals surface area (Å²) in [5.74, 6) is 1.54. The molecule has 0 bridgehead atoms. The van der Waals surface area contributed by atoms with Crippen molar-refractivity contribution in [2.75, 3.05) is 13.1 Å². The average molecular weight is 341 g/mol. The zero-order valence-corrected chi connectivity index (χ0v) is 13.9. The molecule has 0 amide bonds. The van der Waals surface area contributed by atoms with E-state index in [4.69, 9.17) is 16.0 Å². The van der Waals surface area contributed by atoms with Gasteiger partial charge in [-0.05, 0) is 42.8 Å². The lowest BCUT2D eigenvalue weighted by molar-refractivity contribution is 0.320. The molecule has 0 aliphatic carbocycles. The summed E-state index contributed by atoms with van der Waals surface area (Å²) in [6.07, 6.45) is 4.49. The normalized spacial score (nSPS) is 18.1. The number of nitrogens with zero attached hydrogens (tertiary/aromatic N) is 4. The Morgan fingerprint density at radius 2 is 2.04 bits per heavy atom. The van der Waals surface area contributed by atoms with Crippen LogP contribution in [0.2, 0.25) is 5.02 Å². The summed E-state index contributed by atoms with van der Waals surface area (Å²) >= 11 is 5.94. The summed E-state index contributed by atoms with van der Waals surface area (Å²) in [5, 5.41) is 9.17. The van der Waals surface area contributed by atoms with E-state index >= 15 is 0 Å². The van der Waals surface area contributed by atoms with Crippen molar-refractivity contribution in [3.63, 3.8) is 0 Å². The van der Waals surface area contributed by atoms with Gasteiger partial charge in [0.1, 0.15) is 0 Å². The van der Waals surface area contributed by atoms with Crippen molar-refractivity contribution >= 4 is 11.6 Å². The molecule has 0 unspecified atom stereocenters. The summed E-state index contributed by atoms with van der Waals surface area (Å²) in [4.78, 5) is 6.49. The first kappa shape index (κ1) is 15.3. The zero-order valence-electron chi connectivity index (χ0n) is 13.1. The fourth-order valence-electron chi connectivity index (χ4n) is 3.03. The Balaban J connectivity index is 1.42. The Hall–Kier alpha value is -2.24. The lowest BCUT2D eigenvalue weighted by Gasteiger charge is -2.15. The number of hydrogen-bond acceptors (Lipinski definition) is 5. The topological polar surface area (TPSA) is 55.1 Å². The summed E-state index contributed by atoms with van der Waals surface area (Å²) in [7, 11) is 0. The molecule has 6 heteroatoms. The maximum Gasteiger partial charge on any atom is 0.249 e. The Labute approximate surface area is 145 Å². The van der Waals surface area contributed by atoms with Crippen LogP contribution in [0.25, 0.3) is 11.5 Å². The van der Waals surface area contributed by atoms with Gasteiger partial charge < -0.3 is 4.42 Å². The van der Waals surface area contributed by atoms with Crippen LogP contribution in [0.4, 0.5) is 0 Å². The first-order valence-corrected chi connectivity index (χ1v) is 8.36. The maximum atomic E-state index is 5.94. The minimum atomic E-state index is 0.287. The largest absolute Gasteiger partial charge is 0.420 e. The van der Waals surface area contributed by atoms with Gasteiger partial charge in [0.2, 0.25) is 11.8 Å². The summed E-state index contributed by atoms with van der Waals surface area (Å²) < 4.78 is 5.86. The van der Waals surface area contributed by atoms with E-state index < -0.39 is 0 Å². The summed E-state index contributed by atoms with van der Waals surface area (Å²) in [6, 6.07) is 11.8. The van der Waals surface area contributed by atoms with Crippen LogP contribution in [-0.4, -0.2) is 33.2 Å². The molecule has 4 rings (SSSR count).